The maximum atomic E-state index is 14.4. The Morgan fingerprint density at radius 2 is 2.22 bits per heavy atom. The minimum atomic E-state index is -0.608. The van der Waals surface area contributed by atoms with E-state index in [-0.39, 0.29) is 17.6 Å². The molecule has 0 saturated carbocycles. The molecular formula is C28H26FN5O3. The molecule has 4 heterocycles. The fourth-order valence-corrected chi connectivity index (χ4v) is 4.72. The molecule has 37 heavy (non-hydrogen) atoms. The maximum Gasteiger partial charge on any atom is 0.255 e. The monoisotopic (exact) mass is 499 g/mol. The van der Waals surface area contributed by atoms with Gasteiger partial charge in [0.25, 0.3) is 5.91 Å². The summed E-state index contributed by atoms with van der Waals surface area (Å²) in [5.41, 5.74) is 3.44. The van der Waals surface area contributed by atoms with Gasteiger partial charge in [-0.05, 0) is 37.6 Å². The summed E-state index contributed by atoms with van der Waals surface area (Å²) in [5.74, 6) is 5.57. The lowest BCUT2D eigenvalue weighted by Crippen LogP contribution is -2.59. The third kappa shape index (κ3) is 4.20. The fourth-order valence-electron chi connectivity index (χ4n) is 4.72. The Labute approximate surface area is 213 Å². The van der Waals surface area contributed by atoms with Gasteiger partial charge in [-0.25, -0.2) is 4.39 Å². The number of amides is 2. The van der Waals surface area contributed by atoms with Crippen LogP contribution in [-0.4, -0.2) is 52.4 Å². The van der Waals surface area contributed by atoms with E-state index in [4.69, 9.17) is 4.74 Å². The predicted octanol–water partition coefficient (Wildman–Crippen LogP) is 3.78. The van der Waals surface area contributed by atoms with E-state index in [2.05, 4.69) is 39.0 Å². The highest BCUT2D eigenvalue weighted by Gasteiger charge is 2.41. The van der Waals surface area contributed by atoms with Gasteiger partial charge in [0.1, 0.15) is 5.54 Å². The van der Waals surface area contributed by atoms with Gasteiger partial charge in [-0.15, -0.1) is 0 Å². The first-order valence-electron chi connectivity index (χ1n) is 11.9. The van der Waals surface area contributed by atoms with Gasteiger partial charge in [0.15, 0.2) is 11.6 Å². The van der Waals surface area contributed by atoms with Crippen LogP contribution in [0.3, 0.4) is 0 Å². The molecule has 9 heteroatoms. The van der Waals surface area contributed by atoms with E-state index in [9.17, 15) is 14.0 Å². The van der Waals surface area contributed by atoms with Crippen molar-refractivity contribution in [1.82, 2.24) is 20.2 Å². The van der Waals surface area contributed by atoms with E-state index in [0.717, 1.165) is 12.1 Å². The van der Waals surface area contributed by atoms with Crippen molar-refractivity contribution in [3.05, 3.63) is 72.0 Å². The molecule has 1 fully saturated rings. The van der Waals surface area contributed by atoms with Crippen LogP contribution in [0.2, 0.25) is 0 Å². The number of fused-ring (bicyclic) bond motifs is 1. The van der Waals surface area contributed by atoms with E-state index >= 15 is 0 Å². The predicted molar refractivity (Wildman–Crippen MR) is 138 cm³/mol. The summed E-state index contributed by atoms with van der Waals surface area (Å²) < 4.78 is 19.7. The van der Waals surface area contributed by atoms with Crippen LogP contribution in [0.4, 0.5) is 15.8 Å². The largest absolute Gasteiger partial charge is 0.492 e. The number of ether oxygens (including phenoxy) is 1. The zero-order valence-corrected chi connectivity index (χ0v) is 20.6. The molecule has 0 bridgehead atoms. The second-order valence-corrected chi connectivity index (χ2v) is 9.07. The Balaban J connectivity index is 1.62. The van der Waals surface area contributed by atoms with Gasteiger partial charge in [0.05, 0.1) is 35.3 Å². The van der Waals surface area contributed by atoms with Crippen molar-refractivity contribution < 1.29 is 18.7 Å². The van der Waals surface area contributed by atoms with E-state index in [1.807, 2.05) is 13.0 Å². The highest BCUT2D eigenvalue weighted by atomic mass is 19.1. The number of likely N-dealkylation sites (tertiary alicyclic amines) is 1. The zero-order chi connectivity index (χ0) is 26.2. The van der Waals surface area contributed by atoms with Gasteiger partial charge in [-0.2, -0.15) is 0 Å². The van der Waals surface area contributed by atoms with Crippen LogP contribution in [0.1, 0.15) is 35.0 Å². The van der Waals surface area contributed by atoms with E-state index in [1.54, 1.807) is 29.4 Å². The molecule has 3 N–H and O–H groups in total. The van der Waals surface area contributed by atoms with E-state index in [1.165, 1.54) is 19.3 Å². The number of halogens is 1. The number of benzene rings is 1. The fraction of sp³-hybridized carbons (Fsp3) is 0.250. The molecule has 1 saturated heterocycles. The van der Waals surface area contributed by atoms with Crippen molar-refractivity contribution in [2.24, 2.45) is 0 Å². The number of methoxy groups -OCH3 is 1. The number of carbonyl (C=O) groups excluding carboxylic acids is 2. The molecule has 3 aromatic rings. The number of aromatic nitrogens is 2. The highest BCUT2D eigenvalue weighted by Crippen LogP contribution is 2.40. The minimum Gasteiger partial charge on any atom is -0.492 e. The summed E-state index contributed by atoms with van der Waals surface area (Å²) in [6, 6.07) is 6.37. The standard InChI is InChI=1S/C28H26FN5O3/c1-4-22(35)34-15-12-28(34,2)11-8-17-16-30-13-9-18(17)24-25(23-20(32-24)10-14-31-27(23)36)33-21-7-5-6-19(29)26(21)37-3/h4-7,9,13,16,32-33H,1,10,12,14-15H2,2-3H3,(H,31,36)/t28-/m1/s1. The first-order chi connectivity index (χ1) is 17.9. The second-order valence-electron chi connectivity index (χ2n) is 9.07. The number of aromatic amines is 1. The molecule has 0 aliphatic carbocycles. The summed E-state index contributed by atoms with van der Waals surface area (Å²) in [5, 5.41) is 6.11. The number of para-hydroxylation sites is 1. The lowest BCUT2D eigenvalue weighted by Gasteiger charge is -2.46. The number of hydrogen-bond acceptors (Lipinski definition) is 5. The van der Waals surface area contributed by atoms with Gasteiger partial charge in [0.2, 0.25) is 5.91 Å². The summed E-state index contributed by atoms with van der Waals surface area (Å²) >= 11 is 0. The van der Waals surface area contributed by atoms with E-state index < -0.39 is 11.4 Å². The number of nitrogens with one attached hydrogen (secondary N) is 3. The summed E-state index contributed by atoms with van der Waals surface area (Å²) in [6.45, 7) is 6.62. The highest BCUT2D eigenvalue weighted by molar-refractivity contribution is 6.06. The molecule has 1 atom stereocenters. The van der Waals surface area contributed by atoms with Gasteiger partial charge < -0.3 is 25.3 Å². The van der Waals surface area contributed by atoms with Crippen LogP contribution in [0.25, 0.3) is 11.3 Å². The Morgan fingerprint density at radius 3 is 2.95 bits per heavy atom. The van der Waals surface area contributed by atoms with Crippen molar-refractivity contribution in [2.45, 2.75) is 25.3 Å². The molecule has 2 amide bonds. The molecule has 188 valence electrons. The smallest absolute Gasteiger partial charge is 0.255 e. The first kappa shape index (κ1) is 24.1. The topological polar surface area (TPSA) is 99.3 Å². The number of nitrogens with zero attached hydrogens (tertiary/aromatic N) is 2. The van der Waals surface area contributed by atoms with E-state index in [0.29, 0.717) is 53.3 Å². The Morgan fingerprint density at radius 1 is 1.38 bits per heavy atom. The third-order valence-electron chi connectivity index (χ3n) is 6.81. The molecule has 2 aromatic heterocycles. The van der Waals surface area contributed by atoms with Gasteiger partial charge in [-0.3, -0.25) is 14.6 Å². The van der Waals surface area contributed by atoms with Crippen LogP contribution in [0.5, 0.6) is 5.75 Å². The number of anilines is 2. The number of H-pyrrole nitrogens is 1. The first-order valence-corrected chi connectivity index (χ1v) is 11.9. The molecule has 2 aliphatic rings. The zero-order valence-electron chi connectivity index (χ0n) is 20.6. The SMILES string of the molecule is C=CC(=O)N1CC[C@@]1(C)C#Cc1cnccc1-c1[nH]c2c(c1Nc1cccc(F)c1OC)C(=O)NCC2. The van der Waals surface area contributed by atoms with Crippen LogP contribution in [0, 0.1) is 17.7 Å². The Hall–Kier alpha value is -4.58. The number of hydrogen-bond donors (Lipinski definition) is 3. The summed E-state index contributed by atoms with van der Waals surface area (Å²) in [4.78, 5) is 34.4. The number of carbonyl (C=O) groups is 2. The van der Waals surface area contributed by atoms with Crippen LogP contribution in [-0.2, 0) is 11.2 Å². The molecule has 5 rings (SSSR count). The summed E-state index contributed by atoms with van der Waals surface area (Å²) in [7, 11) is 1.39. The average Bonchev–Trinajstić information content (AvgIpc) is 3.26. The Bertz CT molecular complexity index is 1480. The normalized spacial score (nSPS) is 18.0. The van der Waals surface area contributed by atoms with Crippen LogP contribution < -0.4 is 15.4 Å². The molecule has 0 radical (unpaired) electrons. The van der Waals surface area contributed by atoms with Crippen molar-refractivity contribution in [1.29, 1.82) is 0 Å². The number of pyridine rings is 1. The molecule has 1 aromatic carbocycles. The molecule has 8 nitrogen and oxygen atoms in total. The lowest BCUT2D eigenvalue weighted by molar-refractivity contribution is -0.136. The minimum absolute atomic E-state index is 0.0410. The van der Waals surface area contributed by atoms with Crippen LogP contribution in [0.15, 0.2) is 49.3 Å². The van der Waals surface area contributed by atoms with Gasteiger partial charge in [0, 0.05) is 43.2 Å². The lowest BCUT2D eigenvalue weighted by atomic mass is 9.86. The second kappa shape index (κ2) is 9.47. The Kier molecular flexibility index (Phi) is 6.17. The molecule has 0 spiro atoms. The van der Waals surface area contributed by atoms with Gasteiger partial charge >= 0.3 is 0 Å². The maximum absolute atomic E-state index is 14.4. The molecule has 2 aliphatic heterocycles. The van der Waals surface area contributed by atoms with Crippen molar-refractivity contribution in [2.75, 3.05) is 25.5 Å². The van der Waals surface area contributed by atoms with Crippen molar-refractivity contribution in [3.63, 3.8) is 0 Å². The van der Waals surface area contributed by atoms with Gasteiger partial charge in [-0.1, -0.05) is 24.5 Å². The van der Waals surface area contributed by atoms with Crippen molar-refractivity contribution >= 4 is 23.2 Å². The number of rotatable bonds is 5. The molecule has 0 unspecified atom stereocenters. The average molecular weight is 500 g/mol. The third-order valence-corrected chi connectivity index (χ3v) is 6.81. The van der Waals surface area contributed by atoms with Crippen LogP contribution >= 0.6 is 0 Å². The quantitative estimate of drug-likeness (QED) is 0.367. The molecular weight excluding hydrogens is 473 g/mol. The summed E-state index contributed by atoms with van der Waals surface area (Å²) in [6.07, 6.45) is 5.95. The van der Waals surface area contributed by atoms with Crippen molar-refractivity contribution in [3.8, 4) is 28.8 Å².